The maximum Gasteiger partial charge on any atom is 0.268 e. The summed E-state index contributed by atoms with van der Waals surface area (Å²) in [6.45, 7) is 1.03. The van der Waals surface area contributed by atoms with E-state index in [2.05, 4.69) is 16.4 Å². The first-order chi connectivity index (χ1) is 14.1. The molecule has 152 valence electrons. The van der Waals surface area contributed by atoms with Crippen LogP contribution < -0.4 is 16.8 Å². The maximum absolute atomic E-state index is 13.2. The molecule has 1 amide bonds. The van der Waals surface area contributed by atoms with Gasteiger partial charge in [0.25, 0.3) is 5.91 Å². The number of hydrogen-bond donors (Lipinski definition) is 4. The fourth-order valence-electron chi connectivity index (χ4n) is 3.81. The molecule has 4 rings (SSSR count). The van der Waals surface area contributed by atoms with Crippen molar-refractivity contribution in [3.63, 3.8) is 0 Å². The van der Waals surface area contributed by atoms with Gasteiger partial charge in [0, 0.05) is 23.5 Å². The van der Waals surface area contributed by atoms with E-state index in [1.807, 2.05) is 12.1 Å². The van der Waals surface area contributed by atoms with Gasteiger partial charge < -0.3 is 21.8 Å². The number of H-pyrrole nitrogens is 1. The van der Waals surface area contributed by atoms with Crippen LogP contribution in [-0.2, 0) is 0 Å². The lowest BCUT2D eigenvalue weighted by atomic mass is 10.0. The highest BCUT2D eigenvalue weighted by molar-refractivity contribution is 6.02. The van der Waals surface area contributed by atoms with E-state index in [1.165, 1.54) is 12.1 Å². The second kappa shape index (κ2) is 8.35. The molecule has 0 radical (unpaired) electrons. The van der Waals surface area contributed by atoms with Crippen LogP contribution in [0.25, 0.3) is 22.0 Å². The van der Waals surface area contributed by atoms with E-state index in [-0.39, 0.29) is 17.8 Å². The van der Waals surface area contributed by atoms with Crippen molar-refractivity contribution in [2.24, 2.45) is 11.5 Å². The molecule has 1 unspecified atom stereocenters. The standard InChI is InChI=1S/C23H27FN4O/c24-17-8-5-14(6-9-17)16-7-10-19-20(12-16)28-22(21(19)15-3-4-15)23(29)27-13-18(26)2-1-11-25/h5-10,12,15,18,28H,1-4,11,13,25-26H2,(H,27,29). The van der Waals surface area contributed by atoms with Gasteiger partial charge in [0.05, 0.1) is 0 Å². The first-order valence-corrected chi connectivity index (χ1v) is 10.2. The molecule has 0 aliphatic heterocycles. The van der Waals surface area contributed by atoms with Gasteiger partial charge in [-0.15, -0.1) is 0 Å². The minimum absolute atomic E-state index is 0.0960. The van der Waals surface area contributed by atoms with Gasteiger partial charge in [-0.1, -0.05) is 24.3 Å². The summed E-state index contributed by atoms with van der Waals surface area (Å²) in [4.78, 5) is 16.2. The Morgan fingerprint density at radius 1 is 1.17 bits per heavy atom. The summed E-state index contributed by atoms with van der Waals surface area (Å²) < 4.78 is 13.2. The number of nitrogens with one attached hydrogen (secondary N) is 2. The highest BCUT2D eigenvalue weighted by Gasteiger charge is 2.31. The van der Waals surface area contributed by atoms with Crippen LogP contribution in [0.5, 0.6) is 0 Å². The van der Waals surface area contributed by atoms with E-state index < -0.39 is 0 Å². The molecule has 0 bridgehead atoms. The molecule has 3 aromatic rings. The number of nitrogens with two attached hydrogens (primary N) is 2. The number of carbonyl (C=O) groups is 1. The summed E-state index contributed by atoms with van der Waals surface area (Å²) in [6.07, 6.45) is 3.84. The van der Waals surface area contributed by atoms with Crippen molar-refractivity contribution in [2.45, 2.75) is 37.6 Å². The van der Waals surface area contributed by atoms with E-state index in [0.29, 0.717) is 24.7 Å². The smallest absolute Gasteiger partial charge is 0.268 e. The minimum atomic E-state index is -0.255. The maximum atomic E-state index is 13.2. The monoisotopic (exact) mass is 394 g/mol. The molecule has 0 saturated heterocycles. The molecule has 6 heteroatoms. The highest BCUT2D eigenvalue weighted by Crippen LogP contribution is 2.45. The van der Waals surface area contributed by atoms with Crippen LogP contribution in [0.1, 0.15) is 47.7 Å². The van der Waals surface area contributed by atoms with Gasteiger partial charge in [0.15, 0.2) is 0 Å². The molecule has 29 heavy (non-hydrogen) atoms. The minimum Gasteiger partial charge on any atom is -0.350 e. The summed E-state index contributed by atoms with van der Waals surface area (Å²) in [5.74, 6) is 0.0519. The highest BCUT2D eigenvalue weighted by atomic mass is 19.1. The SMILES string of the molecule is NCCCC(N)CNC(=O)c1[nH]c2cc(-c3ccc(F)cc3)ccc2c1C1CC1. The summed E-state index contributed by atoms with van der Waals surface area (Å²) in [5, 5.41) is 4.05. The lowest BCUT2D eigenvalue weighted by Crippen LogP contribution is -2.37. The Morgan fingerprint density at radius 3 is 2.59 bits per heavy atom. The number of benzene rings is 2. The number of aromatic nitrogens is 1. The van der Waals surface area contributed by atoms with E-state index in [0.717, 1.165) is 53.3 Å². The summed E-state index contributed by atoms with van der Waals surface area (Å²) in [6, 6.07) is 12.4. The van der Waals surface area contributed by atoms with Gasteiger partial charge in [-0.3, -0.25) is 4.79 Å². The van der Waals surface area contributed by atoms with Crippen LogP contribution in [0.15, 0.2) is 42.5 Å². The summed E-state index contributed by atoms with van der Waals surface area (Å²) in [5.41, 5.74) is 16.2. The van der Waals surface area contributed by atoms with Crippen LogP contribution in [0.2, 0.25) is 0 Å². The van der Waals surface area contributed by atoms with Crippen molar-refractivity contribution in [3.05, 3.63) is 59.5 Å². The molecule has 1 fully saturated rings. The van der Waals surface area contributed by atoms with Gasteiger partial charge in [-0.25, -0.2) is 4.39 Å². The first kappa shape index (κ1) is 19.6. The third-order valence-corrected chi connectivity index (χ3v) is 5.53. The molecule has 2 aromatic carbocycles. The van der Waals surface area contributed by atoms with Gasteiger partial charge in [0.2, 0.25) is 0 Å². The third-order valence-electron chi connectivity index (χ3n) is 5.53. The fourth-order valence-corrected chi connectivity index (χ4v) is 3.81. The molecule has 1 aliphatic carbocycles. The Kier molecular flexibility index (Phi) is 5.65. The lowest BCUT2D eigenvalue weighted by Gasteiger charge is -2.12. The lowest BCUT2D eigenvalue weighted by molar-refractivity contribution is 0.0945. The second-order valence-electron chi connectivity index (χ2n) is 7.86. The number of rotatable bonds is 8. The Labute approximate surface area is 169 Å². The first-order valence-electron chi connectivity index (χ1n) is 10.2. The number of amides is 1. The van der Waals surface area contributed by atoms with E-state index in [4.69, 9.17) is 11.5 Å². The zero-order valence-electron chi connectivity index (χ0n) is 16.4. The second-order valence-corrected chi connectivity index (χ2v) is 7.86. The van der Waals surface area contributed by atoms with Crippen LogP contribution in [0.3, 0.4) is 0 Å². The average Bonchev–Trinajstić information content (AvgIpc) is 3.50. The molecule has 1 heterocycles. The number of hydrogen-bond acceptors (Lipinski definition) is 3. The predicted molar refractivity (Wildman–Crippen MR) is 114 cm³/mol. The van der Waals surface area contributed by atoms with E-state index >= 15 is 0 Å². The molecule has 0 spiro atoms. The van der Waals surface area contributed by atoms with Crippen LogP contribution >= 0.6 is 0 Å². The fraction of sp³-hybridized carbons (Fsp3) is 0.348. The van der Waals surface area contributed by atoms with Crippen LogP contribution in [0, 0.1) is 5.82 Å². The van der Waals surface area contributed by atoms with Crippen LogP contribution in [0.4, 0.5) is 4.39 Å². The Bertz CT molecular complexity index is 1010. The molecular weight excluding hydrogens is 367 g/mol. The Hall–Kier alpha value is -2.70. The van der Waals surface area contributed by atoms with Gasteiger partial charge >= 0.3 is 0 Å². The van der Waals surface area contributed by atoms with Gasteiger partial charge in [-0.05, 0) is 73.0 Å². The quantitative estimate of drug-likeness (QED) is 0.469. The predicted octanol–water partition coefficient (Wildman–Crippen LogP) is 3.65. The van der Waals surface area contributed by atoms with Crippen molar-refractivity contribution in [2.75, 3.05) is 13.1 Å². The zero-order chi connectivity index (χ0) is 20.4. The summed E-state index contributed by atoms with van der Waals surface area (Å²) in [7, 11) is 0. The molecule has 1 atom stereocenters. The average molecular weight is 394 g/mol. The van der Waals surface area contributed by atoms with Crippen molar-refractivity contribution >= 4 is 16.8 Å². The molecule has 1 aromatic heterocycles. The van der Waals surface area contributed by atoms with Crippen molar-refractivity contribution in [3.8, 4) is 11.1 Å². The number of carbonyl (C=O) groups excluding carboxylic acids is 1. The molecule has 6 N–H and O–H groups in total. The van der Waals surface area contributed by atoms with Crippen molar-refractivity contribution < 1.29 is 9.18 Å². The molecule has 5 nitrogen and oxygen atoms in total. The third kappa shape index (κ3) is 4.33. The summed E-state index contributed by atoms with van der Waals surface area (Å²) >= 11 is 0. The van der Waals surface area contributed by atoms with Gasteiger partial charge in [-0.2, -0.15) is 0 Å². The number of fused-ring (bicyclic) bond motifs is 1. The normalized spacial score (nSPS) is 14.9. The van der Waals surface area contributed by atoms with Crippen molar-refractivity contribution in [1.82, 2.24) is 10.3 Å². The van der Waals surface area contributed by atoms with Gasteiger partial charge in [0.1, 0.15) is 11.5 Å². The van der Waals surface area contributed by atoms with Crippen molar-refractivity contribution in [1.29, 1.82) is 0 Å². The number of aromatic amines is 1. The Morgan fingerprint density at radius 2 is 1.90 bits per heavy atom. The molecule has 1 saturated carbocycles. The molecule has 1 aliphatic rings. The largest absolute Gasteiger partial charge is 0.350 e. The van der Waals surface area contributed by atoms with Crippen LogP contribution in [-0.4, -0.2) is 30.0 Å². The topological polar surface area (TPSA) is 96.9 Å². The molecular formula is C23H27FN4O. The number of halogens is 1. The Balaban J connectivity index is 1.60. The van der Waals surface area contributed by atoms with E-state index in [9.17, 15) is 9.18 Å². The zero-order valence-corrected chi connectivity index (χ0v) is 16.4. The van der Waals surface area contributed by atoms with E-state index in [1.54, 1.807) is 12.1 Å².